The number of Topliss-reactive ketones (excluding diaryl/α,β-unsaturated/α-hetero) is 1. The van der Waals surface area contributed by atoms with Gasteiger partial charge in [0.25, 0.3) is 0 Å². The van der Waals surface area contributed by atoms with Gasteiger partial charge in [-0.25, -0.2) is 15.0 Å². The number of fused-ring (bicyclic) bond motifs is 2. The molecule has 1 saturated heterocycles. The highest BCUT2D eigenvalue weighted by Crippen LogP contribution is 2.59. The topological polar surface area (TPSA) is 161 Å². The maximum absolute atomic E-state index is 14.4. The second kappa shape index (κ2) is 14.7. The monoisotopic (exact) mass is 770 g/mol. The van der Waals surface area contributed by atoms with Gasteiger partial charge < -0.3 is 20.3 Å². The van der Waals surface area contributed by atoms with E-state index >= 15 is 0 Å². The second-order valence-electron chi connectivity index (χ2n) is 14.3. The third-order valence-corrected chi connectivity index (χ3v) is 10.7. The van der Waals surface area contributed by atoms with Crippen molar-refractivity contribution in [1.82, 2.24) is 34.9 Å². The Balaban J connectivity index is 1.30. The lowest BCUT2D eigenvalue weighted by molar-refractivity contribution is -0.138. The summed E-state index contributed by atoms with van der Waals surface area (Å²) in [6.07, 6.45) is 6.75. The number of rotatable bonds is 14. The van der Waals surface area contributed by atoms with E-state index in [9.17, 15) is 19.2 Å². The van der Waals surface area contributed by atoms with Gasteiger partial charge in [0.2, 0.25) is 17.7 Å². The molecule has 1 aliphatic heterocycles. The fourth-order valence-electron chi connectivity index (χ4n) is 6.76. The van der Waals surface area contributed by atoms with Crippen molar-refractivity contribution < 1.29 is 23.9 Å². The fourth-order valence-corrected chi connectivity index (χ4v) is 7.07. The quantitative estimate of drug-likeness (QED) is 0.0739. The Morgan fingerprint density at radius 2 is 1.87 bits per heavy atom. The Morgan fingerprint density at radius 1 is 1.12 bits per heavy atom. The zero-order valence-corrected chi connectivity index (χ0v) is 31.6. The van der Waals surface area contributed by atoms with Crippen LogP contribution in [0.15, 0.2) is 60.0 Å². The minimum Gasteiger partial charge on any atom is -0.373 e. The Kier molecular flexibility index (Phi) is 10.4. The molecule has 0 spiro atoms. The van der Waals surface area contributed by atoms with E-state index < -0.39 is 22.8 Å². The van der Waals surface area contributed by atoms with Crippen LogP contribution in [-0.2, 0) is 32.3 Å². The van der Waals surface area contributed by atoms with Crippen LogP contribution in [0.4, 0.5) is 5.82 Å². The lowest BCUT2D eigenvalue weighted by atomic mass is 9.88. The third kappa shape index (κ3) is 7.40. The van der Waals surface area contributed by atoms with Crippen molar-refractivity contribution in [2.75, 3.05) is 18.5 Å². The molecule has 4 aromatic rings. The van der Waals surface area contributed by atoms with Crippen LogP contribution in [0, 0.1) is 17.8 Å². The molecule has 3 atom stereocenters. The normalized spacial score (nSPS) is 19.3. The molecule has 13 nitrogen and oxygen atoms in total. The first-order chi connectivity index (χ1) is 24.8. The van der Waals surface area contributed by atoms with Crippen molar-refractivity contribution in [2.24, 2.45) is 10.8 Å². The van der Waals surface area contributed by atoms with Crippen molar-refractivity contribution in [1.29, 1.82) is 0 Å². The summed E-state index contributed by atoms with van der Waals surface area (Å²) >= 11 is 3.39. The highest BCUT2D eigenvalue weighted by molar-refractivity contribution is 9.10. The average Bonchev–Trinajstić information content (AvgIpc) is 3.54. The Morgan fingerprint density at radius 3 is 2.56 bits per heavy atom. The number of anilines is 1. The van der Waals surface area contributed by atoms with Crippen LogP contribution in [0.1, 0.15) is 68.8 Å². The summed E-state index contributed by atoms with van der Waals surface area (Å²) < 4.78 is 7.69. The van der Waals surface area contributed by atoms with Gasteiger partial charge in [-0.05, 0) is 65.9 Å². The fraction of sp³-hybridized carbons (Fsp3) is 0.421. The third-order valence-electron chi connectivity index (χ3n) is 10.3. The van der Waals surface area contributed by atoms with Gasteiger partial charge in [-0.2, -0.15) is 5.10 Å². The van der Waals surface area contributed by atoms with Crippen molar-refractivity contribution in [2.45, 2.75) is 79.1 Å². The number of carbonyl (C=O) groups excluding carboxylic acids is 4. The number of ketones is 1. The highest BCUT2D eigenvalue weighted by atomic mass is 79.9. The van der Waals surface area contributed by atoms with Gasteiger partial charge in [-0.1, -0.05) is 39.0 Å². The summed E-state index contributed by atoms with van der Waals surface area (Å²) in [5, 5.41) is 11.3. The maximum Gasteiger partial charge on any atom is 0.248 e. The van der Waals surface area contributed by atoms with Gasteiger partial charge in [0.15, 0.2) is 5.78 Å². The molecule has 14 heteroatoms. The molecule has 1 saturated carbocycles. The number of nitrogens with zero attached hydrogens (tertiary/aromatic N) is 6. The number of halogens is 1. The largest absolute Gasteiger partial charge is 0.373 e. The standard InChI is InChI=1S/C38H43BrN8O5/c1-7-13-52-20-25-10-12-31(39)43-34(25)44-35(50)29-15-38(21-42-36(51)37(5,6)8-2)16-30(38)47(29)32(49)19-46-28-11-9-24(26-17-40-23(4)41-18-26)14-27(28)33(45-46)22(3)48/h7,9-12,14,17-18,29-30H,1,8,13,15-16,19-21H2,2-6H3,(H,42,51)(H,43,44,50)/t29-,30?,38-/m0/s1. The molecule has 3 aromatic heterocycles. The summed E-state index contributed by atoms with van der Waals surface area (Å²) in [5.41, 5.74) is 2.09. The van der Waals surface area contributed by atoms with Crippen LogP contribution in [0.2, 0.25) is 0 Å². The number of hydrogen-bond donors (Lipinski definition) is 2. The molecule has 272 valence electrons. The molecular weight excluding hydrogens is 728 g/mol. The van der Waals surface area contributed by atoms with E-state index in [1.54, 1.807) is 36.4 Å². The molecule has 52 heavy (non-hydrogen) atoms. The van der Waals surface area contributed by atoms with Gasteiger partial charge in [0.1, 0.15) is 34.5 Å². The molecule has 2 N–H and O–H groups in total. The molecule has 4 heterocycles. The molecule has 0 bridgehead atoms. The first-order valence-electron chi connectivity index (χ1n) is 17.3. The van der Waals surface area contributed by atoms with Crippen LogP contribution in [-0.4, -0.2) is 78.4 Å². The first-order valence-corrected chi connectivity index (χ1v) is 18.1. The minimum atomic E-state index is -0.840. The van der Waals surface area contributed by atoms with Crippen LogP contribution < -0.4 is 10.6 Å². The van der Waals surface area contributed by atoms with Crippen molar-refractivity contribution >= 4 is 56.2 Å². The predicted molar refractivity (Wildman–Crippen MR) is 199 cm³/mol. The van der Waals surface area contributed by atoms with E-state index in [-0.39, 0.29) is 42.5 Å². The minimum absolute atomic E-state index is 0.0698. The molecule has 1 unspecified atom stereocenters. The number of piperidine rings is 1. The molecule has 2 aliphatic rings. The molecule has 1 aromatic carbocycles. The van der Waals surface area contributed by atoms with Gasteiger partial charge in [0.05, 0.1) is 18.7 Å². The SMILES string of the molecule is C=CCOCc1ccc(Br)nc1NC(=O)[C@@H]1C[C@@]2(CNC(=O)C(C)(C)CC)CC2N1C(=O)Cn1nc(C(C)=O)c2cc(-c3cnc(C)nc3)ccc21. The van der Waals surface area contributed by atoms with Crippen LogP contribution >= 0.6 is 15.9 Å². The second-order valence-corrected chi connectivity index (χ2v) is 15.1. The summed E-state index contributed by atoms with van der Waals surface area (Å²) in [4.78, 5) is 69.1. The van der Waals surface area contributed by atoms with E-state index in [1.165, 1.54) is 11.6 Å². The number of pyridine rings is 1. The van der Waals surface area contributed by atoms with Crippen LogP contribution in [0.5, 0.6) is 0 Å². The van der Waals surface area contributed by atoms with Gasteiger partial charge in [-0.3, -0.25) is 23.9 Å². The number of aryl methyl sites for hydroxylation is 1. The molecule has 3 amide bonds. The molecule has 6 rings (SSSR count). The number of hydrogen-bond acceptors (Lipinski definition) is 9. The lowest BCUT2D eigenvalue weighted by Crippen LogP contribution is -2.47. The lowest BCUT2D eigenvalue weighted by Gasteiger charge is -2.27. The summed E-state index contributed by atoms with van der Waals surface area (Å²) in [7, 11) is 0. The molecule has 2 fully saturated rings. The Labute approximate surface area is 310 Å². The molecule has 1 aliphatic carbocycles. The predicted octanol–water partition coefficient (Wildman–Crippen LogP) is 5.42. The van der Waals surface area contributed by atoms with E-state index in [0.717, 1.165) is 11.1 Å². The number of amides is 3. The summed E-state index contributed by atoms with van der Waals surface area (Å²) in [6.45, 7) is 13.4. The maximum atomic E-state index is 14.4. The van der Waals surface area contributed by atoms with E-state index in [4.69, 9.17) is 4.74 Å². The van der Waals surface area contributed by atoms with Gasteiger partial charge in [0, 0.05) is 59.2 Å². The Hall–Kier alpha value is -4.82. The number of likely N-dealkylation sites (tertiary alicyclic amines) is 1. The van der Waals surface area contributed by atoms with E-state index in [0.29, 0.717) is 65.1 Å². The first kappa shape index (κ1) is 37.0. The molecule has 0 radical (unpaired) electrons. The Bertz CT molecular complexity index is 2060. The highest BCUT2D eigenvalue weighted by Gasteiger charge is 2.67. The smallest absolute Gasteiger partial charge is 0.248 e. The summed E-state index contributed by atoms with van der Waals surface area (Å²) in [5.74, 6) is -0.0602. The number of ether oxygens (including phenoxy) is 1. The number of benzene rings is 1. The number of carbonyl (C=O) groups is 4. The van der Waals surface area contributed by atoms with Gasteiger partial charge >= 0.3 is 0 Å². The number of aromatic nitrogens is 5. The van der Waals surface area contributed by atoms with Crippen LogP contribution in [0.25, 0.3) is 22.0 Å². The van der Waals surface area contributed by atoms with Crippen molar-refractivity contribution in [3.8, 4) is 11.1 Å². The van der Waals surface area contributed by atoms with Crippen molar-refractivity contribution in [3.63, 3.8) is 0 Å². The van der Waals surface area contributed by atoms with Gasteiger partial charge in [-0.15, -0.1) is 6.58 Å². The van der Waals surface area contributed by atoms with E-state index in [1.807, 2.05) is 45.0 Å². The molecular formula is C38H43BrN8O5. The van der Waals surface area contributed by atoms with E-state index in [2.05, 4.69) is 53.2 Å². The zero-order chi connectivity index (χ0) is 37.4. The summed E-state index contributed by atoms with van der Waals surface area (Å²) in [6, 6.07) is 8.02. The zero-order valence-electron chi connectivity index (χ0n) is 30.0. The van der Waals surface area contributed by atoms with Crippen molar-refractivity contribution in [3.05, 3.63) is 77.1 Å². The van der Waals surface area contributed by atoms with Crippen LogP contribution in [0.3, 0.4) is 0 Å². The number of nitrogens with one attached hydrogen (secondary N) is 2. The average molecular weight is 772 g/mol.